The number of likely N-dealkylation sites (tertiary alicyclic amines) is 1. The van der Waals surface area contributed by atoms with E-state index in [1.54, 1.807) is 70.3 Å². The summed E-state index contributed by atoms with van der Waals surface area (Å²) in [6, 6.07) is 6.38. The number of H-pyrrole nitrogens is 1. The summed E-state index contributed by atoms with van der Waals surface area (Å²) < 4.78 is 0. The molecule has 8 atom stereocenters. The first-order valence-corrected chi connectivity index (χ1v) is 24.5. The van der Waals surface area contributed by atoms with Crippen LogP contribution in [0.25, 0.3) is 0 Å². The predicted molar refractivity (Wildman–Crippen MR) is 271 cm³/mol. The second-order valence-electron chi connectivity index (χ2n) is 18.7. The third kappa shape index (κ3) is 17.6. The summed E-state index contributed by atoms with van der Waals surface area (Å²) in [5.41, 5.74) is 12.6. The van der Waals surface area contributed by atoms with Gasteiger partial charge in [-0.15, -0.1) is 0 Å². The van der Waals surface area contributed by atoms with Crippen molar-refractivity contribution in [3.8, 4) is 5.75 Å². The van der Waals surface area contributed by atoms with Gasteiger partial charge in [0.15, 0.2) is 5.96 Å². The normalized spacial score (nSPS) is 16.1. The number of carboxylic acid groups (broad SMARTS) is 1. The molecule has 0 spiro atoms. The number of aromatic amines is 1. The topological polar surface area (TPSA) is 349 Å². The van der Waals surface area contributed by atoms with Gasteiger partial charge in [-0.1, -0.05) is 76.6 Å². The lowest BCUT2D eigenvalue weighted by atomic mass is 9.95. The average molecular weight is 1020 g/mol. The fourth-order valence-electron chi connectivity index (χ4n) is 8.43. The molecule has 1 saturated heterocycles. The van der Waals surface area contributed by atoms with Gasteiger partial charge in [-0.3, -0.25) is 38.6 Å². The molecule has 2 aromatic carbocycles. The van der Waals surface area contributed by atoms with Crippen molar-refractivity contribution in [1.29, 1.82) is 0 Å². The number of nitrogens with zero attached hydrogens (tertiary/aromatic N) is 4. The minimum atomic E-state index is -1.30. The van der Waals surface area contributed by atoms with E-state index in [1.807, 2.05) is 6.92 Å². The summed E-state index contributed by atoms with van der Waals surface area (Å²) >= 11 is 0. The zero-order valence-corrected chi connectivity index (χ0v) is 42.4. The number of rotatable bonds is 28. The van der Waals surface area contributed by atoms with E-state index in [1.165, 1.54) is 41.5 Å². The first kappa shape index (κ1) is 58.0. The lowest BCUT2D eigenvalue weighted by Crippen LogP contribution is -2.62. The number of carboxylic acids is 1. The Morgan fingerprint density at radius 1 is 0.836 bits per heavy atom. The smallest absolute Gasteiger partial charge is 0.326 e. The number of phenols is 1. The van der Waals surface area contributed by atoms with Crippen molar-refractivity contribution in [1.82, 2.24) is 51.7 Å². The van der Waals surface area contributed by atoms with Crippen LogP contribution in [0, 0.1) is 11.8 Å². The molecule has 4 rings (SSSR count). The van der Waals surface area contributed by atoms with Gasteiger partial charge in [0.1, 0.15) is 48.0 Å². The number of hydrogen-bond donors (Lipinski definition) is 11. The van der Waals surface area contributed by atoms with E-state index < -0.39 is 101 Å². The number of carbonyl (C=O) groups is 8. The molecule has 0 aliphatic carbocycles. The van der Waals surface area contributed by atoms with E-state index in [2.05, 4.69) is 46.9 Å². The van der Waals surface area contributed by atoms with Crippen LogP contribution >= 0.6 is 0 Å². The molecule has 23 heteroatoms. The number of nitrogens with one attached hydrogen (secondary N) is 7. The minimum absolute atomic E-state index is 0.0147. The predicted octanol–water partition coefficient (Wildman–Crippen LogP) is -0.555. The number of carbonyl (C=O) groups excluding carboxylic acids is 7. The summed E-state index contributed by atoms with van der Waals surface area (Å²) in [7, 11) is 2.97. The Hall–Kier alpha value is -7.56. The number of aliphatic imine (C=N–C) groups is 1. The molecule has 2 heterocycles. The molecule has 0 radical (unpaired) electrons. The number of nitrogens with two attached hydrogens (primary N) is 2. The average Bonchev–Trinajstić information content (AvgIpc) is 4.08. The van der Waals surface area contributed by atoms with Crippen LogP contribution in [0.1, 0.15) is 76.6 Å². The lowest BCUT2D eigenvalue weighted by molar-refractivity contribution is -0.145. The van der Waals surface area contributed by atoms with Gasteiger partial charge in [0.25, 0.3) is 0 Å². The third-order valence-electron chi connectivity index (χ3n) is 12.8. The lowest BCUT2D eigenvalue weighted by Gasteiger charge is -2.35. The second-order valence-corrected chi connectivity index (χ2v) is 18.7. The molecule has 3 aromatic rings. The Labute approximate surface area is 425 Å². The van der Waals surface area contributed by atoms with Crippen molar-refractivity contribution in [2.75, 3.05) is 33.7 Å². The maximum absolute atomic E-state index is 14.8. The number of aromatic nitrogens is 2. The number of likely N-dealkylation sites (N-methyl/N-ethyl adjacent to an activating group) is 2. The van der Waals surface area contributed by atoms with E-state index >= 15 is 0 Å². The highest BCUT2D eigenvalue weighted by Crippen LogP contribution is 2.22. The van der Waals surface area contributed by atoms with Gasteiger partial charge >= 0.3 is 5.97 Å². The van der Waals surface area contributed by atoms with Gasteiger partial charge in [0.05, 0.1) is 12.9 Å². The van der Waals surface area contributed by atoms with E-state index in [4.69, 9.17) is 11.5 Å². The first-order chi connectivity index (χ1) is 34.7. The molecule has 1 aromatic heterocycles. The van der Waals surface area contributed by atoms with Crippen LogP contribution in [-0.4, -0.2) is 159 Å². The molecule has 0 unspecified atom stereocenters. The summed E-state index contributed by atoms with van der Waals surface area (Å²) in [6.07, 6.45) is 4.24. The molecule has 1 fully saturated rings. The molecule has 1 aliphatic rings. The molecule has 1 aliphatic heterocycles. The zero-order valence-electron chi connectivity index (χ0n) is 42.4. The van der Waals surface area contributed by atoms with Crippen LogP contribution in [0.15, 0.2) is 72.1 Å². The van der Waals surface area contributed by atoms with Crippen molar-refractivity contribution in [2.24, 2.45) is 28.3 Å². The zero-order chi connectivity index (χ0) is 53.8. The number of aliphatic carboxylic acids is 1. The Morgan fingerprint density at radius 2 is 1.51 bits per heavy atom. The minimum Gasteiger partial charge on any atom is -0.508 e. The van der Waals surface area contributed by atoms with E-state index in [9.17, 15) is 48.6 Å². The number of guanidine groups is 1. The molecule has 73 heavy (non-hydrogen) atoms. The van der Waals surface area contributed by atoms with E-state index in [0.717, 1.165) is 0 Å². The molecule has 398 valence electrons. The highest BCUT2D eigenvalue weighted by Gasteiger charge is 2.41. The van der Waals surface area contributed by atoms with Crippen molar-refractivity contribution in [3.63, 3.8) is 0 Å². The number of amides is 7. The van der Waals surface area contributed by atoms with Gasteiger partial charge in [-0.25, -0.2) is 9.78 Å². The monoisotopic (exact) mass is 1020 g/mol. The Bertz CT molecular complexity index is 2350. The Balaban J connectivity index is 1.61. The van der Waals surface area contributed by atoms with Gasteiger partial charge in [-0.2, -0.15) is 0 Å². The van der Waals surface area contributed by atoms with E-state index in [-0.39, 0.29) is 63.4 Å². The number of aromatic hydroxyl groups is 1. The van der Waals surface area contributed by atoms with Crippen LogP contribution in [-0.2, 0) is 57.6 Å². The van der Waals surface area contributed by atoms with Crippen molar-refractivity contribution < 1.29 is 48.6 Å². The highest BCUT2D eigenvalue weighted by molar-refractivity contribution is 5.98. The molecular weight excluding hydrogens is 943 g/mol. The first-order valence-electron chi connectivity index (χ1n) is 24.5. The highest BCUT2D eigenvalue weighted by atomic mass is 16.4. The van der Waals surface area contributed by atoms with Crippen LogP contribution in [0.5, 0.6) is 5.75 Å². The summed E-state index contributed by atoms with van der Waals surface area (Å²) in [5, 5.41) is 36.6. The Morgan fingerprint density at radius 3 is 2.11 bits per heavy atom. The van der Waals surface area contributed by atoms with Crippen molar-refractivity contribution in [2.45, 2.75) is 121 Å². The van der Waals surface area contributed by atoms with Gasteiger partial charge in [0.2, 0.25) is 41.4 Å². The number of imidazole rings is 1. The largest absolute Gasteiger partial charge is 0.508 e. The van der Waals surface area contributed by atoms with Crippen LogP contribution in [0.4, 0.5) is 0 Å². The van der Waals surface area contributed by atoms with Crippen molar-refractivity contribution in [3.05, 3.63) is 83.9 Å². The number of hydrogen-bond acceptors (Lipinski definition) is 12. The van der Waals surface area contributed by atoms with Gasteiger partial charge in [-0.05, 0) is 67.8 Å². The maximum atomic E-state index is 14.8. The standard InChI is InChI=1S/C50H73N13O10/c1-7-30(4)42(46(69)58-36(25-33-26-54-28-56-33)47(70)63-22-12-16-38(63)44(67)59-37(49(72)73)23-31-13-9-8-10-14-31)61-45(68)39(24-32-17-19-34(64)20-18-32)62(6)48(71)41(29(2)3)60-43(66)35(57-40(65)27-53-5)15-11-21-55-50(51)52/h8-10,13-14,17-20,26,28-30,35-39,41-42,53,64H,7,11-12,15-16,21-25,27H2,1-6H3,(H,54,56)(H,57,65)(H,58,69)(H,59,67)(H,60,66)(H,61,68)(H,72,73)(H4,51,52,55)/t30-,35-,36-,37-,38-,39-,41-,42-/m0/s1. The van der Waals surface area contributed by atoms with Crippen LogP contribution in [0.3, 0.4) is 0 Å². The quantitative estimate of drug-likeness (QED) is 0.0247. The van der Waals surface area contributed by atoms with Gasteiger partial charge < -0.3 is 68.4 Å². The van der Waals surface area contributed by atoms with Crippen LogP contribution < -0.4 is 43.4 Å². The molecule has 13 N–H and O–H groups in total. The fourth-order valence-corrected chi connectivity index (χ4v) is 8.43. The third-order valence-corrected chi connectivity index (χ3v) is 12.8. The summed E-state index contributed by atoms with van der Waals surface area (Å²) in [4.78, 5) is 125. The van der Waals surface area contributed by atoms with Crippen LogP contribution in [0.2, 0.25) is 0 Å². The summed E-state index contributed by atoms with van der Waals surface area (Å²) in [6.45, 7) is 7.21. The molecular formula is C50H73N13O10. The van der Waals surface area contributed by atoms with E-state index in [0.29, 0.717) is 36.1 Å². The SMILES string of the molecule is CC[C@H](C)[C@H](NC(=O)[C@H](Cc1ccc(O)cc1)N(C)C(=O)[C@@H](NC(=O)[C@H](CCCN=C(N)N)NC(=O)CNC)C(C)C)C(=O)N[C@@H](Cc1cnc[nH]1)C(=O)N1CCC[C@H]1C(=O)N[C@@H](Cc1ccccc1)C(=O)O. The molecule has 7 amide bonds. The van der Waals surface area contributed by atoms with Gasteiger partial charge in [0, 0.05) is 51.3 Å². The molecule has 0 saturated carbocycles. The Kier molecular flexibility index (Phi) is 22.6. The molecule has 23 nitrogen and oxygen atoms in total. The summed E-state index contributed by atoms with van der Waals surface area (Å²) in [5.74, 6) is -6.99. The maximum Gasteiger partial charge on any atom is 0.326 e. The van der Waals surface area contributed by atoms with Crippen molar-refractivity contribution >= 4 is 53.3 Å². The number of phenolic OH excluding ortho intramolecular Hbond substituents is 1. The molecule has 0 bridgehead atoms. The number of benzene rings is 2. The second kappa shape index (κ2) is 28.5. The fraction of sp³-hybridized carbons (Fsp3) is 0.520.